The molecule has 3 heteroatoms. The maximum atomic E-state index is 12.3. The summed E-state index contributed by atoms with van der Waals surface area (Å²) in [5, 5.41) is 0. The van der Waals surface area contributed by atoms with Crippen LogP contribution in [0.4, 0.5) is 0 Å². The molecule has 0 aromatic heterocycles. The van der Waals surface area contributed by atoms with Crippen LogP contribution in [0.15, 0.2) is 78.9 Å². The maximum absolute atomic E-state index is 12.3. The van der Waals surface area contributed by atoms with Crippen LogP contribution < -0.4 is 4.74 Å². The maximum Gasteiger partial charge on any atom is 0.201 e. The molecule has 0 atom stereocenters. The van der Waals surface area contributed by atoms with Crippen molar-refractivity contribution >= 4 is 28.4 Å². The molecule has 0 N–H and O–H groups in total. The first-order chi connectivity index (χ1) is 11.2. The monoisotopic (exact) mass is 414 g/mol. The average molecular weight is 414 g/mol. The Morgan fingerprint density at radius 2 is 1.52 bits per heavy atom. The second kappa shape index (κ2) is 7.42. The molecule has 3 aromatic rings. The third kappa shape index (κ3) is 3.99. The number of rotatable bonds is 5. The lowest BCUT2D eigenvalue weighted by Crippen LogP contribution is -2.12. The number of ether oxygens (including phenoxy) is 1. The summed E-state index contributed by atoms with van der Waals surface area (Å²) in [4.78, 5) is 12.3. The first-order valence-electron chi connectivity index (χ1n) is 7.30. The molecule has 3 aromatic carbocycles. The van der Waals surface area contributed by atoms with Gasteiger partial charge in [0.15, 0.2) is 6.61 Å². The lowest BCUT2D eigenvalue weighted by molar-refractivity contribution is 0.0920. The van der Waals surface area contributed by atoms with Crippen LogP contribution in [0.1, 0.15) is 10.4 Å². The Morgan fingerprint density at radius 3 is 2.30 bits per heavy atom. The van der Waals surface area contributed by atoms with Gasteiger partial charge in [-0.15, -0.1) is 0 Å². The Balaban J connectivity index is 1.72. The zero-order valence-electron chi connectivity index (χ0n) is 12.4. The first kappa shape index (κ1) is 15.7. The van der Waals surface area contributed by atoms with Crippen LogP contribution >= 0.6 is 22.6 Å². The van der Waals surface area contributed by atoms with Crippen LogP contribution in [-0.4, -0.2) is 12.4 Å². The number of carbonyl (C=O) groups excluding carboxylic acids is 1. The van der Waals surface area contributed by atoms with Crippen LogP contribution in [0.2, 0.25) is 0 Å². The normalized spacial score (nSPS) is 10.3. The molecule has 2 nitrogen and oxygen atoms in total. The highest BCUT2D eigenvalue weighted by Gasteiger charge is 2.10. The van der Waals surface area contributed by atoms with Crippen molar-refractivity contribution in [2.75, 3.05) is 6.61 Å². The van der Waals surface area contributed by atoms with E-state index in [1.165, 1.54) is 0 Å². The summed E-state index contributed by atoms with van der Waals surface area (Å²) in [7, 11) is 0. The van der Waals surface area contributed by atoms with Crippen molar-refractivity contribution in [1.82, 2.24) is 0 Å². The summed E-state index contributed by atoms with van der Waals surface area (Å²) in [5.41, 5.74) is 2.90. The number of carbonyl (C=O) groups is 1. The number of hydrogen-bond donors (Lipinski definition) is 0. The fourth-order valence-corrected chi connectivity index (χ4v) is 3.00. The van der Waals surface area contributed by atoms with Crippen molar-refractivity contribution in [3.05, 3.63) is 88.0 Å². The van der Waals surface area contributed by atoms with Gasteiger partial charge >= 0.3 is 0 Å². The molecule has 114 valence electrons. The molecular weight excluding hydrogens is 399 g/mol. The van der Waals surface area contributed by atoms with Crippen molar-refractivity contribution < 1.29 is 9.53 Å². The summed E-state index contributed by atoms with van der Waals surface area (Å²) in [6.07, 6.45) is 0. The van der Waals surface area contributed by atoms with Gasteiger partial charge in [-0.3, -0.25) is 4.79 Å². The Bertz CT molecular complexity index is 813. The van der Waals surface area contributed by atoms with E-state index in [4.69, 9.17) is 4.74 Å². The molecule has 0 spiro atoms. The molecule has 0 saturated heterocycles. The topological polar surface area (TPSA) is 26.3 Å². The Kier molecular flexibility index (Phi) is 5.08. The molecule has 0 heterocycles. The highest BCUT2D eigenvalue weighted by Crippen LogP contribution is 2.23. The standard InChI is InChI=1S/C20H15IO2/c21-19-12-5-4-11-18(19)20(22)14-23-17-10-6-9-16(13-17)15-7-2-1-3-8-15/h1-13H,14H2. The number of ketones is 1. The molecule has 0 aliphatic carbocycles. The minimum Gasteiger partial charge on any atom is -0.485 e. The molecule has 0 radical (unpaired) electrons. The summed E-state index contributed by atoms with van der Waals surface area (Å²) < 4.78 is 6.63. The predicted molar refractivity (Wildman–Crippen MR) is 101 cm³/mol. The van der Waals surface area contributed by atoms with Gasteiger partial charge in [0.1, 0.15) is 5.75 Å². The summed E-state index contributed by atoms with van der Waals surface area (Å²) >= 11 is 2.17. The first-order valence-corrected chi connectivity index (χ1v) is 8.38. The van der Waals surface area contributed by atoms with E-state index in [0.717, 1.165) is 14.7 Å². The van der Waals surface area contributed by atoms with E-state index in [1.807, 2.05) is 66.7 Å². The average Bonchev–Trinajstić information content (AvgIpc) is 2.61. The fourth-order valence-electron chi connectivity index (χ4n) is 2.31. The summed E-state index contributed by atoms with van der Waals surface area (Å²) in [6, 6.07) is 25.4. The highest BCUT2D eigenvalue weighted by molar-refractivity contribution is 14.1. The van der Waals surface area contributed by atoms with Gasteiger partial charge in [-0.25, -0.2) is 0 Å². The third-order valence-corrected chi connectivity index (χ3v) is 4.43. The van der Waals surface area contributed by atoms with Crippen LogP contribution in [0.3, 0.4) is 0 Å². The van der Waals surface area contributed by atoms with E-state index >= 15 is 0 Å². The van der Waals surface area contributed by atoms with Crippen LogP contribution in [0, 0.1) is 3.57 Å². The number of hydrogen-bond acceptors (Lipinski definition) is 2. The molecule has 0 aliphatic rings. The van der Waals surface area contributed by atoms with Gasteiger partial charge in [-0.05, 0) is 51.9 Å². The van der Waals surface area contributed by atoms with Crippen molar-refractivity contribution in [1.29, 1.82) is 0 Å². The van der Waals surface area contributed by atoms with E-state index < -0.39 is 0 Å². The summed E-state index contributed by atoms with van der Waals surface area (Å²) in [5.74, 6) is 0.686. The molecule has 0 bridgehead atoms. The highest BCUT2D eigenvalue weighted by atomic mass is 127. The van der Waals surface area contributed by atoms with Gasteiger partial charge in [0, 0.05) is 9.13 Å². The molecular formula is C20H15IO2. The number of halogens is 1. The molecule has 0 fully saturated rings. The molecule has 0 unspecified atom stereocenters. The lowest BCUT2D eigenvalue weighted by atomic mass is 10.1. The van der Waals surface area contributed by atoms with Gasteiger partial charge in [-0.1, -0.05) is 60.7 Å². The van der Waals surface area contributed by atoms with Crippen molar-refractivity contribution in [3.8, 4) is 16.9 Å². The second-order valence-corrected chi connectivity index (χ2v) is 6.25. The fraction of sp³-hybridized carbons (Fsp3) is 0.0500. The minimum absolute atomic E-state index is 0.0138. The number of Topliss-reactive ketones (excluding diaryl/α,β-unsaturated/α-hetero) is 1. The molecule has 3 rings (SSSR count). The largest absolute Gasteiger partial charge is 0.485 e. The molecule has 0 saturated carbocycles. The van der Waals surface area contributed by atoms with Gasteiger partial charge in [-0.2, -0.15) is 0 Å². The predicted octanol–water partition coefficient (Wildman–Crippen LogP) is 5.22. The van der Waals surface area contributed by atoms with Gasteiger partial charge in [0.05, 0.1) is 0 Å². The zero-order chi connectivity index (χ0) is 16.1. The van der Waals surface area contributed by atoms with Gasteiger partial charge in [0.25, 0.3) is 0 Å². The van der Waals surface area contributed by atoms with E-state index in [-0.39, 0.29) is 12.4 Å². The Labute approximate surface area is 149 Å². The van der Waals surface area contributed by atoms with E-state index in [2.05, 4.69) is 34.7 Å². The Hall–Kier alpha value is -2.14. The van der Waals surface area contributed by atoms with Crippen molar-refractivity contribution in [3.63, 3.8) is 0 Å². The molecule has 23 heavy (non-hydrogen) atoms. The van der Waals surface area contributed by atoms with Crippen LogP contribution in [0.25, 0.3) is 11.1 Å². The van der Waals surface area contributed by atoms with Gasteiger partial charge < -0.3 is 4.74 Å². The van der Waals surface area contributed by atoms with Gasteiger partial charge in [0.2, 0.25) is 5.78 Å². The van der Waals surface area contributed by atoms with E-state index in [0.29, 0.717) is 11.3 Å². The van der Waals surface area contributed by atoms with Crippen molar-refractivity contribution in [2.24, 2.45) is 0 Å². The van der Waals surface area contributed by atoms with Crippen LogP contribution in [-0.2, 0) is 0 Å². The SMILES string of the molecule is O=C(COc1cccc(-c2ccccc2)c1)c1ccccc1I. The minimum atomic E-state index is -0.0138. The quantitative estimate of drug-likeness (QED) is 0.423. The van der Waals surface area contributed by atoms with Crippen molar-refractivity contribution in [2.45, 2.75) is 0 Å². The van der Waals surface area contributed by atoms with E-state index in [9.17, 15) is 4.79 Å². The Morgan fingerprint density at radius 1 is 0.826 bits per heavy atom. The smallest absolute Gasteiger partial charge is 0.201 e. The second-order valence-electron chi connectivity index (χ2n) is 5.09. The lowest BCUT2D eigenvalue weighted by Gasteiger charge is -2.08. The molecule has 0 aliphatic heterocycles. The van der Waals surface area contributed by atoms with E-state index in [1.54, 1.807) is 0 Å². The third-order valence-electron chi connectivity index (χ3n) is 3.49. The molecule has 0 amide bonds. The number of benzene rings is 3. The zero-order valence-corrected chi connectivity index (χ0v) is 14.6. The van der Waals surface area contributed by atoms with Crippen LogP contribution in [0.5, 0.6) is 5.75 Å². The summed E-state index contributed by atoms with van der Waals surface area (Å²) in [6.45, 7) is 0.0399.